The third-order valence-corrected chi connectivity index (χ3v) is 5.15. The number of fused-ring (bicyclic) bond motifs is 1. The molecule has 0 aliphatic carbocycles. The second-order valence-corrected chi connectivity index (χ2v) is 6.98. The number of methoxy groups -OCH3 is 3. The van der Waals surface area contributed by atoms with E-state index in [9.17, 15) is 14.4 Å². The average molecular weight is 452 g/mol. The second-order valence-electron chi connectivity index (χ2n) is 6.64. The summed E-state index contributed by atoms with van der Waals surface area (Å²) in [4.78, 5) is 41.3. The number of imidazole rings is 1. The maximum atomic E-state index is 12.6. The lowest BCUT2D eigenvalue weighted by Gasteiger charge is -2.15. The molecule has 0 aliphatic rings. The molecule has 0 saturated carbocycles. The van der Waals surface area contributed by atoms with Crippen molar-refractivity contribution >= 4 is 28.7 Å². The number of rotatable bonds is 7. The van der Waals surface area contributed by atoms with Crippen molar-refractivity contribution in [3.63, 3.8) is 0 Å². The van der Waals surface area contributed by atoms with Crippen LogP contribution in [0.2, 0.25) is 5.28 Å². The fraction of sp³-hybridized carbons (Fsp3) is 0.368. The molecular weight excluding hydrogens is 430 g/mol. The number of amides is 1. The molecule has 0 bridgehead atoms. The number of halogens is 1. The Morgan fingerprint density at radius 2 is 1.65 bits per heavy atom. The normalized spacial score (nSPS) is 10.9. The van der Waals surface area contributed by atoms with E-state index in [1.807, 2.05) is 0 Å². The molecule has 1 N–H and O–H groups in total. The largest absolute Gasteiger partial charge is 0.496 e. The second kappa shape index (κ2) is 8.72. The van der Waals surface area contributed by atoms with Crippen molar-refractivity contribution in [2.75, 3.05) is 21.3 Å². The van der Waals surface area contributed by atoms with Crippen LogP contribution in [0.15, 0.2) is 21.7 Å². The molecule has 166 valence electrons. The van der Waals surface area contributed by atoms with Gasteiger partial charge in [-0.2, -0.15) is 4.98 Å². The minimum atomic E-state index is -0.591. The van der Waals surface area contributed by atoms with Crippen molar-refractivity contribution in [1.29, 1.82) is 0 Å². The van der Waals surface area contributed by atoms with Crippen molar-refractivity contribution in [3.8, 4) is 17.2 Å². The Bertz CT molecular complexity index is 1280. The Morgan fingerprint density at radius 1 is 1.03 bits per heavy atom. The van der Waals surface area contributed by atoms with E-state index in [1.54, 1.807) is 12.1 Å². The van der Waals surface area contributed by atoms with Crippen molar-refractivity contribution in [3.05, 3.63) is 43.8 Å². The lowest BCUT2D eigenvalue weighted by Crippen LogP contribution is -2.38. The molecule has 0 saturated heterocycles. The first-order chi connectivity index (χ1) is 14.7. The Hall–Kier alpha value is -3.47. The molecule has 12 heteroatoms. The highest BCUT2D eigenvalue weighted by Gasteiger charge is 2.20. The van der Waals surface area contributed by atoms with Gasteiger partial charge in [0.25, 0.3) is 5.56 Å². The standard InChI is InChI=1S/C19H22ClN5O6/c1-23-16-15(17(27)24(2)19(23)28)25(18(20)22-16)9-14(26)21-8-10-6-12(30-4)13(31-5)7-11(10)29-3/h6-7H,8-9H2,1-5H3,(H,21,26). The minimum Gasteiger partial charge on any atom is -0.496 e. The van der Waals surface area contributed by atoms with Gasteiger partial charge < -0.3 is 19.5 Å². The SMILES string of the molecule is COc1cc(OC)c(OC)cc1CNC(=O)Cn1c(Cl)nc2c1c(=O)n(C)c(=O)n2C. The Balaban J connectivity index is 1.88. The van der Waals surface area contributed by atoms with E-state index in [-0.39, 0.29) is 29.5 Å². The predicted octanol–water partition coefficient (Wildman–Crippen LogP) is 0.429. The van der Waals surface area contributed by atoms with Crippen LogP contribution in [0, 0.1) is 0 Å². The highest BCUT2D eigenvalue weighted by Crippen LogP contribution is 2.34. The molecule has 0 atom stereocenters. The van der Waals surface area contributed by atoms with Gasteiger partial charge in [-0.3, -0.25) is 23.3 Å². The van der Waals surface area contributed by atoms with Crippen molar-refractivity contribution < 1.29 is 19.0 Å². The predicted molar refractivity (Wildman–Crippen MR) is 113 cm³/mol. The topological polar surface area (TPSA) is 119 Å². The van der Waals surface area contributed by atoms with E-state index in [2.05, 4.69) is 10.3 Å². The van der Waals surface area contributed by atoms with Gasteiger partial charge in [0.15, 0.2) is 22.7 Å². The van der Waals surface area contributed by atoms with Gasteiger partial charge in [-0.25, -0.2) is 4.79 Å². The Kier molecular flexibility index (Phi) is 6.25. The van der Waals surface area contributed by atoms with Crippen LogP contribution >= 0.6 is 11.6 Å². The van der Waals surface area contributed by atoms with E-state index < -0.39 is 17.2 Å². The maximum Gasteiger partial charge on any atom is 0.332 e. The minimum absolute atomic E-state index is 0.0634. The number of aryl methyl sites for hydroxylation is 1. The summed E-state index contributed by atoms with van der Waals surface area (Å²) in [6, 6.07) is 3.36. The number of aromatic nitrogens is 4. The highest BCUT2D eigenvalue weighted by atomic mass is 35.5. The molecule has 2 heterocycles. The summed E-state index contributed by atoms with van der Waals surface area (Å²) < 4.78 is 19.3. The first-order valence-electron chi connectivity index (χ1n) is 9.10. The van der Waals surface area contributed by atoms with Crippen molar-refractivity contribution in [1.82, 2.24) is 24.0 Å². The smallest absolute Gasteiger partial charge is 0.332 e. The van der Waals surface area contributed by atoms with E-state index in [1.165, 1.54) is 44.6 Å². The number of nitrogens with one attached hydrogen (secondary N) is 1. The summed E-state index contributed by atoms with van der Waals surface area (Å²) in [6.45, 7) is -0.137. The van der Waals surface area contributed by atoms with E-state index in [0.29, 0.717) is 22.8 Å². The molecule has 3 aromatic rings. The molecule has 1 amide bonds. The average Bonchev–Trinajstić information content (AvgIpc) is 3.09. The summed E-state index contributed by atoms with van der Waals surface area (Å²) >= 11 is 6.16. The summed E-state index contributed by atoms with van der Waals surface area (Å²) in [7, 11) is 7.34. The van der Waals surface area contributed by atoms with Gasteiger partial charge in [0, 0.05) is 32.3 Å². The Labute approximate surface area is 181 Å². The lowest BCUT2D eigenvalue weighted by atomic mass is 10.1. The van der Waals surface area contributed by atoms with Crippen LogP contribution in [-0.2, 0) is 32.0 Å². The van der Waals surface area contributed by atoms with Crippen molar-refractivity contribution in [2.45, 2.75) is 13.1 Å². The van der Waals surface area contributed by atoms with Crippen LogP contribution in [0.5, 0.6) is 17.2 Å². The third-order valence-electron chi connectivity index (χ3n) is 4.87. The molecule has 0 fully saturated rings. The summed E-state index contributed by atoms with van der Waals surface area (Å²) in [5, 5.41) is 2.68. The number of carbonyl (C=O) groups excluding carboxylic acids is 1. The molecular formula is C19H22ClN5O6. The van der Waals surface area contributed by atoms with E-state index >= 15 is 0 Å². The molecule has 0 radical (unpaired) electrons. The summed E-state index contributed by atoms with van der Waals surface area (Å²) in [5.74, 6) is 1.06. The van der Waals surface area contributed by atoms with Gasteiger partial charge in [-0.15, -0.1) is 0 Å². The molecule has 0 unspecified atom stereocenters. The van der Waals surface area contributed by atoms with Crippen LogP contribution in [0.3, 0.4) is 0 Å². The number of carbonyl (C=O) groups is 1. The third kappa shape index (κ3) is 3.96. The maximum absolute atomic E-state index is 12.6. The number of benzene rings is 1. The zero-order valence-corrected chi connectivity index (χ0v) is 18.4. The van der Waals surface area contributed by atoms with E-state index in [0.717, 1.165) is 4.57 Å². The van der Waals surface area contributed by atoms with Gasteiger partial charge in [0.2, 0.25) is 11.2 Å². The molecule has 0 aliphatic heterocycles. The van der Waals surface area contributed by atoms with Crippen LogP contribution in [-0.4, -0.2) is 45.9 Å². The first kappa shape index (κ1) is 22.2. The molecule has 31 heavy (non-hydrogen) atoms. The number of hydrogen-bond acceptors (Lipinski definition) is 7. The fourth-order valence-corrected chi connectivity index (χ4v) is 3.41. The van der Waals surface area contributed by atoms with Gasteiger partial charge in [0.1, 0.15) is 12.3 Å². The lowest BCUT2D eigenvalue weighted by molar-refractivity contribution is -0.121. The Morgan fingerprint density at radius 3 is 2.26 bits per heavy atom. The number of hydrogen-bond donors (Lipinski definition) is 1. The van der Waals surface area contributed by atoms with Crippen LogP contribution in [0.1, 0.15) is 5.56 Å². The van der Waals surface area contributed by atoms with Crippen LogP contribution in [0.25, 0.3) is 11.2 Å². The highest BCUT2D eigenvalue weighted by molar-refractivity contribution is 6.29. The molecule has 1 aromatic carbocycles. The summed E-state index contributed by atoms with van der Waals surface area (Å²) in [5.41, 5.74) is -0.301. The van der Waals surface area contributed by atoms with Gasteiger partial charge in [0.05, 0.1) is 21.3 Å². The summed E-state index contributed by atoms with van der Waals surface area (Å²) in [6.07, 6.45) is 0. The van der Waals surface area contributed by atoms with Crippen LogP contribution < -0.4 is 30.8 Å². The fourth-order valence-electron chi connectivity index (χ4n) is 3.19. The van der Waals surface area contributed by atoms with Gasteiger partial charge in [-0.05, 0) is 17.7 Å². The monoisotopic (exact) mass is 451 g/mol. The molecule has 11 nitrogen and oxygen atoms in total. The quantitative estimate of drug-likeness (QED) is 0.517. The first-order valence-corrected chi connectivity index (χ1v) is 9.48. The van der Waals surface area contributed by atoms with Gasteiger partial charge in [-0.1, -0.05) is 0 Å². The van der Waals surface area contributed by atoms with Crippen LogP contribution in [0.4, 0.5) is 0 Å². The molecule has 3 rings (SSSR count). The number of nitrogens with zero attached hydrogens (tertiary/aromatic N) is 4. The zero-order valence-electron chi connectivity index (χ0n) is 17.7. The number of ether oxygens (including phenoxy) is 3. The van der Waals surface area contributed by atoms with Crippen molar-refractivity contribution in [2.24, 2.45) is 14.1 Å². The molecule has 0 spiro atoms. The molecule has 2 aromatic heterocycles. The zero-order chi connectivity index (χ0) is 22.9. The van der Waals surface area contributed by atoms with Gasteiger partial charge >= 0.3 is 5.69 Å². The van der Waals surface area contributed by atoms with E-state index in [4.69, 9.17) is 25.8 Å².